The summed E-state index contributed by atoms with van der Waals surface area (Å²) in [5, 5.41) is 4.28. The van der Waals surface area contributed by atoms with E-state index in [1.165, 1.54) is 0 Å². The number of benzene rings is 1. The van der Waals surface area contributed by atoms with Crippen LogP contribution in [0.5, 0.6) is 0 Å². The second-order valence-electron chi connectivity index (χ2n) is 5.19. The van der Waals surface area contributed by atoms with Crippen LogP contribution in [0, 0.1) is 13.8 Å². The van der Waals surface area contributed by atoms with E-state index in [2.05, 4.69) is 16.0 Å². The topological polar surface area (TPSA) is 58.9 Å². The Balaban J connectivity index is 1.92. The van der Waals surface area contributed by atoms with Gasteiger partial charge in [0.15, 0.2) is 0 Å². The van der Waals surface area contributed by atoms with Crippen molar-refractivity contribution in [2.45, 2.75) is 33.7 Å². The number of allylic oxidation sites excluding steroid dienone is 1. The molecule has 1 amide bonds. The molecule has 0 saturated carbocycles. The molecule has 0 aliphatic carbocycles. The summed E-state index contributed by atoms with van der Waals surface area (Å²) >= 11 is 0. The fourth-order valence-electron chi connectivity index (χ4n) is 2.14. The molecule has 0 atom stereocenters. The molecule has 0 fully saturated rings. The van der Waals surface area contributed by atoms with Gasteiger partial charge in [-0.15, -0.1) is 0 Å². The fourth-order valence-corrected chi connectivity index (χ4v) is 2.14. The predicted molar refractivity (Wildman–Crippen MR) is 87.7 cm³/mol. The van der Waals surface area contributed by atoms with Crippen molar-refractivity contribution in [2.75, 3.05) is 0 Å². The number of amides is 1. The van der Waals surface area contributed by atoms with Crippen LogP contribution in [-0.4, -0.2) is 15.7 Å². The molecule has 2 aromatic rings. The molecule has 0 aliphatic rings. The highest BCUT2D eigenvalue weighted by Crippen LogP contribution is 2.06. The molecule has 0 saturated heterocycles. The summed E-state index contributed by atoms with van der Waals surface area (Å²) in [6.07, 6.45) is 2.82. The quantitative estimate of drug-likeness (QED) is 0.806. The Hall–Kier alpha value is -2.56. The standard InChI is InChI=1S/C17H22N4O/c1-4-16(11-15-8-6-5-7-9-15)18-19-17(22)12-21-14(3)10-13(2)20-21/h5-11,18H,4,12H2,1-3H3,(H,19,22)/b16-11+. The minimum atomic E-state index is -0.126. The van der Waals surface area contributed by atoms with Gasteiger partial charge in [-0.3, -0.25) is 14.9 Å². The van der Waals surface area contributed by atoms with Crippen molar-refractivity contribution < 1.29 is 4.79 Å². The van der Waals surface area contributed by atoms with Gasteiger partial charge < -0.3 is 5.43 Å². The van der Waals surface area contributed by atoms with Crippen LogP contribution >= 0.6 is 0 Å². The number of nitrogens with one attached hydrogen (secondary N) is 2. The Morgan fingerprint density at radius 1 is 1.23 bits per heavy atom. The minimum Gasteiger partial charge on any atom is -0.303 e. The summed E-state index contributed by atoms with van der Waals surface area (Å²) in [6.45, 7) is 6.09. The van der Waals surface area contributed by atoms with Crippen molar-refractivity contribution in [3.8, 4) is 0 Å². The zero-order valence-corrected chi connectivity index (χ0v) is 13.3. The highest BCUT2D eigenvalue weighted by molar-refractivity contribution is 5.75. The lowest BCUT2D eigenvalue weighted by Crippen LogP contribution is -2.39. The van der Waals surface area contributed by atoms with Crippen LogP contribution < -0.4 is 10.9 Å². The van der Waals surface area contributed by atoms with Gasteiger partial charge in [0, 0.05) is 11.4 Å². The normalized spacial score (nSPS) is 11.3. The van der Waals surface area contributed by atoms with Crippen molar-refractivity contribution in [1.29, 1.82) is 0 Å². The molecule has 0 radical (unpaired) electrons. The number of hydrazine groups is 1. The van der Waals surface area contributed by atoms with Crippen LogP contribution in [0.1, 0.15) is 30.3 Å². The maximum atomic E-state index is 12.0. The first-order valence-electron chi connectivity index (χ1n) is 7.40. The van der Waals surface area contributed by atoms with Gasteiger partial charge in [0.2, 0.25) is 0 Å². The van der Waals surface area contributed by atoms with Gasteiger partial charge in [-0.25, -0.2) is 0 Å². The molecular weight excluding hydrogens is 276 g/mol. The lowest BCUT2D eigenvalue weighted by atomic mass is 10.2. The number of rotatable bonds is 6. The fraction of sp³-hybridized carbons (Fsp3) is 0.294. The molecule has 0 unspecified atom stereocenters. The van der Waals surface area contributed by atoms with Gasteiger partial charge in [-0.2, -0.15) is 5.10 Å². The summed E-state index contributed by atoms with van der Waals surface area (Å²) in [4.78, 5) is 12.0. The highest BCUT2D eigenvalue weighted by atomic mass is 16.2. The zero-order valence-electron chi connectivity index (χ0n) is 13.3. The first kappa shape index (κ1) is 15.8. The van der Waals surface area contributed by atoms with Crippen LogP contribution in [0.2, 0.25) is 0 Å². The smallest absolute Gasteiger partial charge is 0.260 e. The molecule has 1 aromatic heterocycles. The average molecular weight is 298 g/mol. The molecule has 5 heteroatoms. The van der Waals surface area contributed by atoms with Crippen LogP contribution in [0.25, 0.3) is 6.08 Å². The van der Waals surface area contributed by atoms with E-state index < -0.39 is 0 Å². The van der Waals surface area contributed by atoms with E-state index in [4.69, 9.17) is 0 Å². The molecule has 0 aliphatic heterocycles. The molecule has 5 nitrogen and oxygen atoms in total. The maximum Gasteiger partial charge on any atom is 0.260 e. The summed E-state index contributed by atoms with van der Waals surface area (Å²) in [6, 6.07) is 11.9. The van der Waals surface area contributed by atoms with Gasteiger partial charge in [-0.1, -0.05) is 37.3 Å². The first-order valence-corrected chi connectivity index (χ1v) is 7.40. The van der Waals surface area contributed by atoms with Crippen LogP contribution in [0.15, 0.2) is 42.1 Å². The predicted octanol–water partition coefficient (Wildman–Crippen LogP) is 2.57. The highest BCUT2D eigenvalue weighted by Gasteiger charge is 2.07. The molecule has 1 aromatic carbocycles. The minimum absolute atomic E-state index is 0.126. The van der Waals surface area contributed by atoms with Gasteiger partial charge in [0.05, 0.1) is 5.69 Å². The molecular formula is C17H22N4O. The monoisotopic (exact) mass is 298 g/mol. The lowest BCUT2D eigenvalue weighted by Gasteiger charge is -2.11. The number of aryl methyl sites for hydroxylation is 2. The molecule has 1 heterocycles. The lowest BCUT2D eigenvalue weighted by molar-refractivity contribution is -0.122. The van der Waals surface area contributed by atoms with E-state index >= 15 is 0 Å². The Morgan fingerprint density at radius 2 is 1.95 bits per heavy atom. The molecule has 116 valence electrons. The molecule has 22 heavy (non-hydrogen) atoms. The summed E-state index contributed by atoms with van der Waals surface area (Å²) in [5.74, 6) is -0.126. The van der Waals surface area contributed by atoms with Crippen LogP contribution in [0.3, 0.4) is 0 Å². The molecule has 0 spiro atoms. The Bertz CT molecular complexity index is 659. The Kier molecular flexibility index (Phi) is 5.36. The maximum absolute atomic E-state index is 12.0. The second kappa shape index (κ2) is 7.45. The summed E-state index contributed by atoms with van der Waals surface area (Å²) < 4.78 is 1.69. The number of carbonyl (C=O) groups excluding carboxylic acids is 1. The van der Waals surface area contributed by atoms with E-state index in [1.54, 1.807) is 4.68 Å². The van der Waals surface area contributed by atoms with Gasteiger partial charge in [-0.05, 0) is 38.0 Å². The molecule has 2 rings (SSSR count). The second-order valence-corrected chi connectivity index (χ2v) is 5.19. The number of nitrogens with zero attached hydrogens (tertiary/aromatic N) is 2. The van der Waals surface area contributed by atoms with Crippen molar-refractivity contribution in [3.05, 3.63) is 59.0 Å². The first-order chi connectivity index (χ1) is 10.6. The SMILES string of the molecule is CC/C(=C\c1ccccc1)NNC(=O)Cn1nc(C)cc1C. The largest absolute Gasteiger partial charge is 0.303 e. The zero-order chi connectivity index (χ0) is 15.9. The van der Waals surface area contributed by atoms with E-state index in [0.29, 0.717) is 0 Å². The Morgan fingerprint density at radius 3 is 2.55 bits per heavy atom. The average Bonchev–Trinajstić information content (AvgIpc) is 2.82. The third-order valence-electron chi connectivity index (χ3n) is 3.28. The number of aromatic nitrogens is 2. The number of carbonyl (C=O) groups is 1. The van der Waals surface area contributed by atoms with Crippen molar-refractivity contribution in [1.82, 2.24) is 20.6 Å². The number of hydrogen-bond acceptors (Lipinski definition) is 3. The van der Waals surface area contributed by atoms with E-state index in [-0.39, 0.29) is 12.5 Å². The number of hydrogen-bond donors (Lipinski definition) is 2. The molecule has 2 N–H and O–H groups in total. The van der Waals surface area contributed by atoms with Gasteiger partial charge in [0.1, 0.15) is 6.54 Å². The summed E-state index contributed by atoms with van der Waals surface area (Å²) in [7, 11) is 0. The van der Waals surface area contributed by atoms with Crippen LogP contribution in [-0.2, 0) is 11.3 Å². The Labute approximate surface area is 131 Å². The van der Waals surface area contributed by atoms with E-state index in [1.807, 2.05) is 63.2 Å². The third kappa shape index (κ3) is 4.48. The van der Waals surface area contributed by atoms with Gasteiger partial charge in [0.25, 0.3) is 5.91 Å². The van der Waals surface area contributed by atoms with Crippen molar-refractivity contribution in [3.63, 3.8) is 0 Å². The van der Waals surface area contributed by atoms with Crippen molar-refractivity contribution in [2.24, 2.45) is 0 Å². The summed E-state index contributed by atoms with van der Waals surface area (Å²) in [5.41, 5.74) is 9.64. The molecule has 0 bridgehead atoms. The van der Waals surface area contributed by atoms with Crippen molar-refractivity contribution >= 4 is 12.0 Å². The van der Waals surface area contributed by atoms with E-state index in [9.17, 15) is 4.79 Å². The third-order valence-corrected chi connectivity index (χ3v) is 3.28. The van der Waals surface area contributed by atoms with E-state index in [0.717, 1.165) is 29.1 Å². The van der Waals surface area contributed by atoms with Crippen LogP contribution in [0.4, 0.5) is 0 Å². The van der Waals surface area contributed by atoms with Gasteiger partial charge >= 0.3 is 0 Å².